The van der Waals surface area contributed by atoms with E-state index in [1.54, 1.807) is 7.11 Å². The molecule has 1 aromatic rings. The molecule has 0 fully saturated rings. The SMILES string of the molecule is COCC(C)Nc1c(Br)cc(C)cc1Br. The Morgan fingerprint density at radius 3 is 2.33 bits per heavy atom. The van der Waals surface area contributed by atoms with Gasteiger partial charge in [0.1, 0.15) is 0 Å². The van der Waals surface area contributed by atoms with Crippen molar-refractivity contribution in [3.8, 4) is 0 Å². The van der Waals surface area contributed by atoms with Crippen LogP contribution in [0.5, 0.6) is 0 Å². The van der Waals surface area contributed by atoms with Gasteiger partial charge in [-0.3, -0.25) is 0 Å². The first-order valence-electron chi connectivity index (χ1n) is 4.75. The zero-order valence-corrected chi connectivity index (χ0v) is 12.3. The first-order valence-corrected chi connectivity index (χ1v) is 6.34. The molecule has 1 unspecified atom stereocenters. The van der Waals surface area contributed by atoms with Crippen LogP contribution in [0.1, 0.15) is 12.5 Å². The van der Waals surface area contributed by atoms with Crippen LogP contribution in [-0.4, -0.2) is 19.8 Å². The van der Waals surface area contributed by atoms with Crippen LogP contribution in [0.3, 0.4) is 0 Å². The molecule has 0 saturated heterocycles. The van der Waals surface area contributed by atoms with Crippen LogP contribution in [0.25, 0.3) is 0 Å². The van der Waals surface area contributed by atoms with Crippen molar-refractivity contribution >= 4 is 37.5 Å². The number of rotatable bonds is 4. The van der Waals surface area contributed by atoms with Crippen LogP contribution in [0, 0.1) is 6.92 Å². The number of aryl methyl sites for hydroxylation is 1. The Bertz CT molecular complexity index is 318. The van der Waals surface area contributed by atoms with Gasteiger partial charge in [0.2, 0.25) is 0 Å². The average Bonchev–Trinajstić information content (AvgIpc) is 2.11. The minimum Gasteiger partial charge on any atom is -0.383 e. The fraction of sp³-hybridized carbons (Fsp3) is 0.455. The molecule has 15 heavy (non-hydrogen) atoms. The van der Waals surface area contributed by atoms with Crippen molar-refractivity contribution in [1.82, 2.24) is 0 Å². The van der Waals surface area contributed by atoms with E-state index in [-0.39, 0.29) is 6.04 Å². The van der Waals surface area contributed by atoms with Crippen molar-refractivity contribution in [2.45, 2.75) is 19.9 Å². The smallest absolute Gasteiger partial charge is 0.0661 e. The third-order valence-electron chi connectivity index (χ3n) is 1.99. The van der Waals surface area contributed by atoms with Gasteiger partial charge < -0.3 is 10.1 Å². The first-order chi connectivity index (χ1) is 7.04. The predicted octanol–water partition coefficient (Wildman–Crippen LogP) is 3.97. The summed E-state index contributed by atoms with van der Waals surface area (Å²) in [5.41, 5.74) is 2.30. The van der Waals surface area contributed by atoms with Gasteiger partial charge in [0.25, 0.3) is 0 Å². The third kappa shape index (κ3) is 3.78. The van der Waals surface area contributed by atoms with E-state index in [9.17, 15) is 0 Å². The highest BCUT2D eigenvalue weighted by atomic mass is 79.9. The molecule has 0 saturated carbocycles. The number of halogens is 2. The molecule has 2 nitrogen and oxygen atoms in total. The summed E-state index contributed by atoms with van der Waals surface area (Å²) in [5, 5.41) is 3.39. The second kappa shape index (κ2) is 5.87. The van der Waals surface area contributed by atoms with E-state index < -0.39 is 0 Å². The number of anilines is 1. The molecule has 0 bridgehead atoms. The average molecular weight is 337 g/mol. The summed E-state index contributed by atoms with van der Waals surface area (Å²) in [4.78, 5) is 0. The maximum Gasteiger partial charge on any atom is 0.0661 e. The fourth-order valence-corrected chi connectivity index (χ4v) is 3.02. The molecule has 0 heterocycles. The second-order valence-corrected chi connectivity index (χ2v) is 5.31. The Morgan fingerprint density at radius 1 is 1.33 bits per heavy atom. The molecule has 84 valence electrons. The van der Waals surface area contributed by atoms with Crippen LogP contribution in [0.15, 0.2) is 21.1 Å². The number of methoxy groups -OCH3 is 1. The van der Waals surface area contributed by atoms with Crippen LogP contribution in [0.4, 0.5) is 5.69 Å². The highest BCUT2D eigenvalue weighted by molar-refractivity contribution is 9.11. The zero-order valence-electron chi connectivity index (χ0n) is 9.10. The predicted molar refractivity (Wildman–Crippen MR) is 71.5 cm³/mol. The Labute approximate surface area is 108 Å². The van der Waals surface area contributed by atoms with E-state index in [1.165, 1.54) is 5.56 Å². The van der Waals surface area contributed by atoms with Gasteiger partial charge in [0.05, 0.1) is 12.3 Å². The van der Waals surface area contributed by atoms with E-state index in [1.807, 2.05) is 0 Å². The molecule has 0 aromatic heterocycles. The normalized spacial score (nSPS) is 12.6. The molecule has 1 N–H and O–H groups in total. The van der Waals surface area contributed by atoms with E-state index in [0.717, 1.165) is 14.6 Å². The number of benzene rings is 1. The molecular weight excluding hydrogens is 322 g/mol. The lowest BCUT2D eigenvalue weighted by Gasteiger charge is -2.17. The van der Waals surface area contributed by atoms with Gasteiger partial charge in [-0.05, 0) is 63.4 Å². The minimum absolute atomic E-state index is 0.283. The Morgan fingerprint density at radius 2 is 1.87 bits per heavy atom. The van der Waals surface area contributed by atoms with Gasteiger partial charge >= 0.3 is 0 Å². The maximum absolute atomic E-state index is 5.09. The summed E-state index contributed by atoms with van der Waals surface area (Å²) in [5.74, 6) is 0. The molecule has 0 amide bonds. The Hall–Kier alpha value is -0.0600. The molecule has 1 aromatic carbocycles. The molecule has 0 aliphatic heterocycles. The maximum atomic E-state index is 5.09. The van der Waals surface area contributed by atoms with Gasteiger partial charge in [-0.15, -0.1) is 0 Å². The van der Waals surface area contributed by atoms with Crippen LogP contribution in [0.2, 0.25) is 0 Å². The third-order valence-corrected chi connectivity index (χ3v) is 3.24. The Balaban J connectivity index is 2.85. The van der Waals surface area contributed by atoms with Gasteiger partial charge in [-0.1, -0.05) is 0 Å². The molecule has 1 rings (SSSR count). The monoisotopic (exact) mass is 335 g/mol. The fourth-order valence-electron chi connectivity index (χ4n) is 1.38. The summed E-state index contributed by atoms with van der Waals surface area (Å²) in [6.45, 7) is 4.84. The number of hydrogen-bond donors (Lipinski definition) is 1. The van der Waals surface area contributed by atoms with Crippen LogP contribution >= 0.6 is 31.9 Å². The van der Waals surface area contributed by atoms with Crippen molar-refractivity contribution in [2.75, 3.05) is 19.0 Å². The lowest BCUT2D eigenvalue weighted by molar-refractivity contribution is 0.190. The summed E-state index contributed by atoms with van der Waals surface area (Å²) < 4.78 is 7.22. The van der Waals surface area contributed by atoms with E-state index in [0.29, 0.717) is 6.61 Å². The van der Waals surface area contributed by atoms with Gasteiger partial charge in [-0.25, -0.2) is 0 Å². The summed E-state index contributed by atoms with van der Waals surface area (Å²) in [7, 11) is 1.71. The number of ether oxygens (including phenoxy) is 1. The lowest BCUT2D eigenvalue weighted by Crippen LogP contribution is -2.21. The van der Waals surface area contributed by atoms with Crippen molar-refractivity contribution in [3.05, 3.63) is 26.6 Å². The quantitative estimate of drug-likeness (QED) is 0.898. The summed E-state index contributed by atoms with van der Waals surface area (Å²) in [6.07, 6.45) is 0. The highest BCUT2D eigenvalue weighted by Gasteiger charge is 2.09. The van der Waals surface area contributed by atoms with Gasteiger partial charge in [0, 0.05) is 22.1 Å². The molecule has 0 aliphatic rings. The van der Waals surface area contributed by atoms with Crippen LogP contribution < -0.4 is 5.32 Å². The van der Waals surface area contributed by atoms with E-state index in [4.69, 9.17) is 4.74 Å². The van der Waals surface area contributed by atoms with E-state index in [2.05, 4.69) is 63.2 Å². The van der Waals surface area contributed by atoms with Gasteiger partial charge in [0.15, 0.2) is 0 Å². The van der Waals surface area contributed by atoms with Crippen molar-refractivity contribution in [1.29, 1.82) is 0 Å². The summed E-state index contributed by atoms with van der Waals surface area (Å²) >= 11 is 7.09. The number of hydrogen-bond acceptors (Lipinski definition) is 2. The standard InChI is InChI=1S/C11H15Br2NO/c1-7-4-9(12)11(10(13)5-7)14-8(2)6-15-3/h4-5,8,14H,6H2,1-3H3. The molecule has 0 spiro atoms. The zero-order chi connectivity index (χ0) is 11.4. The molecule has 0 aliphatic carbocycles. The lowest BCUT2D eigenvalue weighted by atomic mass is 10.2. The van der Waals surface area contributed by atoms with Gasteiger partial charge in [-0.2, -0.15) is 0 Å². The minimum atomic E-state index is 0.283. The van der Waals surface area contributed by atoms with Crippen LogP contribution in [-0.2, 0) is 4.74 Å². The van der Waals surface area contributed by atoms with Crippen molar-refractivity contribution in [3.63, 3.8) is 0 Å². The van der Waals surface area contributed by atoms with Crippen molar-refractivity contribution < 1.29 is 4.74 Å². The summed E-state index contributed by atoms with van der Waals surface area (Å²) in [6, 6.07) is 4.46. The highest BCUT2D eigenvalue weighted by Crippen LogP contribution is 2.32. The van der Waals surface area contributed by atoms with E-state index >= 15 is 0 Å². The number of nitrogens with one attached hydrogen (secondary N) is 1. The molecular formula is C11H15Br2NO. The first kappa shape index (κ1) is 13.0. The molecule has 0 radical (unpaired) electrons. The topological polar surface area (TPSA) is 21.3 Å². The molecule has 1 atom stereocenters. The largest absolute Gasteiger partial charge is 0.383 e. The Kier molecular flexibility index (Phi) is 5.09. The van der Waals surface area contributed by atoms with Crippen molar-refractivity contribution in [2.24, 2.45) is 0 Å². The molecule has 4 heteroatoms. The second-order valence-electron chi connectivity index (χ2n) is 3.60.